The van der Waals surface area contributed by atoms with Crippen LogP contribution in [-0.2, 0) is 16.1 Å². The maximum Gasteiger partial charge on any atom is 0.234 e. The van der Waals surface area contributed by atoms with E-state index in [1.807, 2.05) is 66.9 Å². The third kappa shape index (κ3) is 6.08. The van der Waals surface area contributed by atoms with Crippen molar-refractivity contribution in [1.82, 2.24) is 14.8 Å². The van der Waals surface area contributed by atoms with Crippen LogP contribution in [0.1, 0.15) is 20.8 Å². The summed E-state index contributed by atoms with van der Waals surface area (Å²) < 4.78 is 7.37. The summed E-state index contributed by atoms with van der Waals surface area (Å²) in [4.78, 5) is 23.5. The highest BCUT2D eigenvalue weighted by molar-refractivity contribution is 7.99. The lowest BCUT2D eigenvalue weighted by molar-refractivity contribution is -0.114. The molecule has 162 valence electrons. The van der Waals surface area contributed by atoms with E-state index >= 15 is 0 Å². The van der Waals surface area contributed by atoms with Crippen LogP contribution in [0.5, 0.6) is 5.75 Å². The third-order valence-electron chi connectivity index (χ3n) is 4.28. The van der Waals surface area contributed by atoms with Crippen molar-refractivity contribution in [2.45, 2.75) is 32.5 Å². The second kappa shape index (κ2) is 10.6. The van der Waals surface area contributed by atoms with Gasteiger partial charge in [-0.05, 0) is 62.4 Å². The van der Waals surface area contributed by atoms with Gasteiger partial charge in [0.25, 0.3) is 0 Å². The van der Waals surface area contributed by atoms with Crippen LogP contribution in [0, 0.1) is 0 Å². The highest BCUT2D eigenvalue weighted by Gasteiger charge is 2.15. The second-order valence-corrected chi connectivity index (χ2v) is 7.55. The van der Waals surface area contributed by atoms with E-state index in [4.69, 9.17) is 4.74 Å². The van der Waals surface area contributed by atoms with Crippen molar-refractivity contribution < 1.29 is 14.3 Å². The van der Waals surface area contributed by atoms with Crippen molar-refractivity contribution in [2.24, 2.45) is 0 Å². The molecule has 0 saturated heterocycles. The number of carbonyl (C=O) groups excluding carboxylic acids is 2. The van der Waals surface area contributed by atoms with Crippen LogP contribution in [-0.4, -0.2) is 38.9 Å². The predicted molar refractivity (Wildman–Crippen MR) is 122 cm³/mol. The number of rotatable bonds is 9. The molecule has 0 aliphatic heterocycles. The summed E-state index contributed by atoms with van der Waals surface area (Å²) in [7, 11) is 0. The maximum absolute atomic E-state index is 12.3. The van der Waals surface area contributed by atoms with Crippen molar-refractivity contribution >= 4 is 35.0 Å². The summed E-state index contributed by atoms with van der Waals surface area (Å²) >= 11 is 1.33. The molecule has 0 unspecified atom stereocenters. The molecule has 3 rings (SSSR count). The molecule has 1 heterocycles. The van der Waals surface area contributed by atoms with Crippen LogP contribution in [0.4, 0.5) is 11.4 Å². The number of benzene rings is 2. The first-order chi connectivity index (χ1) is 15.0. The first kappa shape index (κ1) is 22.4. The zero-order valence-electron chi connectivity index (χ0n) is 17.7. The van der Waals surface area contributed by atoms with Gasteiger partial charge in [-0.2, -0.15) is 0 Å². The minimum Gasteiger partial charge on any atom is -0.494 e. The number of thioether (sulfide) groups is 1. The Morgan fingerprint density at radius 1 is 0.968 bits per heavy atom. The number of hydrogen-bond donors (Lipinski definition) is 2. The molecule has 0 atom stereocenters. The number of ether oxygens (including phenoxy) is 1. The van der Waals surface area contributed by atoms with Gasteiger partial charge in [-0.1, -0.05) is 11.8 Å². The van der Waals surface area contributed by atoms with Gasteiger partial charge in [0.05, 0.1) is 12.4 Å². The molecule has 1 aromatic heterocycles. The summed E-state index contributed by atoms with van der Waals surface area (Å²) in [6.07, 6.45) is 0. The molecule has 9 heteroatoms. The molecule has 0 aliphatic rings. The lowest BCUT2D eigenvalue weighted by Crippen LogP contribution is -2.14. The summed E-state index contributed by atoms with van der Waals surface area (Å²) in [5.74, 6) is 1.45. The zero-order valence-corrected chi connectivity index (χ0v) is 18.5. The topological polar surface area (TPSA) is 98.1 Å². The smallest absolute Gasteiger partial charge is 0.234 e. The highest BCUT2D eigenvalue weighted by atomic mass is 32.2. The first-order valence-electron chi connectivity index (χ1n) is 9.97. The summed E-state index contributed by atoms with van der Waals surface area (Å²) in [5.41, 5.74) is 2.32. The zero-order chi connectivity index (χ0) is 22.2. The van der Waals surface area contributed by atoms with E-state index in [0.717, 1.165) is 17.0 Å². The van der Waals surface area contributed by atoms with Gasteiger partial charge in [0.1, 0.15) is 5.75 Å². The molecular formula is C22H25N5O3S. The standard InChI is InChI=1S/C22H25N5O3S/c1-4-27-21(16-6-8-17(9-7-16)23-15(3)28)25-26-22(27)31-14-20(29)24-18-10-12-19(13-11-18)30-5-2/h6-13H,4-5,14H2,1-3H3,(H,23,28)(H,24,29). The Balaban J connectivity index is 1.62. The molecule has 8 nitrogen and oxygen atoms in total. The second-order valence-electron chi connectivity index (χ2n) is 6.60. The molecule has 3 aromatic rings. The van der Waals surface area contributed by atoms with Crippen molar-refractivity contribution in [3.63, 3.8) is 0 Å². The van der Waals surface area contributed by atoms with Gasteiger partial charge in [0.2, 0.25) is 11.8 Å². The van der Waals surface area contributed by atoms with E-state index in [1.54, 1.807) is 0 Å². The van der Waals surface area contributed by atoms with E-state index < -0.39 is 0 Å². The van der Waals surface area contributed by atoms with Gasteiger partial charge in [-0.25, -0.2) is 0 Å². The lowest BCUT2D eigenvalue weighted by Gasteiger charge is -2.09. The van der Waals surface area contributed by atoms with E-state index in [1.165, 1.54) is 18.7 Å². The number of nitrogens with one attached hydrogen (secondary N) is 2. The highest BCUT2D eigenvalue weighted by Crippen LogP contribution is 2.25. The van der Waals surface area contributed by atoms with Gasteiger partial charge in [-0.3, -0.25) is 9.59 Å². The Kier molecular flexibility index (Phi) is 7.66. The van der Waals surface area contributed by atoms with Gasteiger partial charge >= 0.3 is 0 Å². The van der Waals surface area contributed by atoms with E-state index in [0.29, 0.717) is 29.8 Å². The summed E-state index contributed by atoms with van der Waals surface area (Å²) in [6.45, 7) is 6.66. The normalized spacial score (nSPS) is 10.5. The molecule has 31 heavy (non-hydrogen) atoms. The molecular weight excluding hydrogens is 414 g/mol. The van der Waals surface area contributed by atoms with Crippen molar-refractivity contribution in [1.29, 1.82) is 0 Å². The Hall–Kier alpha value is -3.33. The maximum atomic E-state index is 12.3. The van der Waals surface area contributed by atoms with Crippen molar-refractivity contribution in [3.8, 4) is 17.1 Å². The Morgan fingerprint density at radius 2 is 1.61 bits per heavy atom. The fourth-order valence-electron chi connectivity index (χ4n) is 2.93. The fraction of sp³-hybridized carbons (Fsp3) is 0.273. The fourth-order valence-corrected chi connectivity index (χ4v) is 3.73. The van der Waals surface area contributed by atoms with Crippen molar-refractivity contribution in [2.75, 3.05) is 23.0 Å². The van der Waals surface area contributed by atoms with Crippen LogP contribution in [0.3, 0.4) is 0 Å². The van der Waals surface area contributed by atoms with Crippen LogP contribution in [0.2, 0.25) is 0 Å². The summed E-state index contributed by atoms with van der Waals surface area (Å²) in [6, 6.07) is 14.7. The predicted octanol–water partition coefficient (Wildman–Crippen LogP) is 4.05. The van der Waals surface area contributed by atoms with E-state index in [9.17, 15) is 9.59 Å². The minimum absolute atomic E-state index is 0.119. The molecule has 2 aromatic carbocycles. The molecule has 0 bridgehead atoms. The number of aromatic nitrogens is 3. The average Bonchev–Trinajstić information content (AvgIpc) is 3.17. The quantitative estimate of drug-likeness (QED) is 0.488. The number of amides is 2. The summed E-state index contributed by atoms with van der Waals surface area (Å²) in [5, 5.41) is 14.8. The molecule has 0 saturated carbocycles. The van der Waals surface area contributed by atoms with Crippen molar-refractivity contribution in [3.05, 3.63) is 48.5 Å². The van der Waals surface area contributed by atoms with Crippen LogP contribution < -0.4 is 15.4 Å². The van der Waals surface area contributed by atoms with Gasteiger partial charge in [0.15, 0.2) is 11.0 Å². The van der Waals surface area contributed by atoms with Gasteiger partial charge < -0.3 is 19.9 Å². The number of anilines is 2. The molecule has 0 aliphatic carbocycles. The number of nitrogens with zero attached hydrogens (tertiary/aromatic N) is 3. The number of hydrogen-bond acceptors (Lipinski definition) is 6. The first-order valence-corrected chi connectivity index (χ1v) is 11.0. The van der Waals surface area contributed by atoms with Gasteiger partial charge in [0, 0.05) is 30.4 Å². The van der Waals surface area contributed by atoms with Gasteiger partial charge in [-0.15, -0.1) is 10.2 Å². The SMILES string of the molecule is CCOc1ccc(NC(=O)CSc2nnc(-c3ccc(NC(C)=O)cc3)n2CC)cc1. The van der Waals surface area contributed by atoms with E-state index in [2.05, 4.69) is 20.8 Å². The molecule has 0 spiro atoms. The Labute approximate surface area is 185 Å². The molecule has 0 fully saturated rings. The Morgan fingerprint density at radius 3 is 2.23 bits per heavy atom. The number of carbonyl (C=O) groups is 2. The average molecular weight is 440 g/mol. The molecule has 2 N–H and O–H groups in total. The Bertz CT molecular complexity index is 1030. The molecule has 2 amide bonds. The van der Waals surface area contributed by atoms with Crippen LogP contribution in [0.25, 0.3) is 11.4 Å². The monoisotopic (exact) mass is 439 g/mol. The third-order valence-corrected chi connectivity index (χ3v) is 5.24. The molecule has 0 radical (unpaired) electrons. The van der Waals surface area contributed by atoms with Crippen LogP contribution >= 0.6 is 11.8 Å². The van der Waals surface area contributed by atoms with E-state index in [-0.39, 0.29) is 17.6 Å². The largest absolute Gasteiger partial charge is 0.494 e. The van der Waals surface area contributed by atoms with Crippen LogP contribution in [0.15, 0.2) is 53.7 Å². The minimum atomic E-state index is -0.124. The lowest BCUT2D eigenvalue weighted by atomic mass is 10.2.